The first-order valence-electron chi connectivity index (χ1n) is 9.19. The van der Waals surface area contributed by atoms with Crippen LogP contribution in [0.4, 0.5) is 5.69 Å². The molecule has 1 aliphatic carbocycles. The van der Waals surface area contributed by atoms with Gasteiger partial charge in [-0.1, -0.05) is 24.3 Å². The minimum atomic E-state index is -0.891. The zero-order valence-electron chi connectivity index (χ0n) is 15.6. The van der Waals surface area contributed by atoms with E-state index >= 15 is 0 Å². The molecule has 0 saturated heterocycles. The van der Waals surface area contributed by atoms with E-state index < -0.39 is 23.9 Å². The van der Waals surface area contributed by atoms with Gasteiger partial charge in [0.1, 0.15) is 17.4 Å². The van der Waals surface area contributed by atoms with Gasteiger partial charge >= 0.3 is 17.9 Å². The van der Waals surface area contributed by atoms with Crippen molar-refractivity contribution in [1.29, 1.82) is 0 Å². The average molecular weight is 393 g/mol. The van der Waals surface area contributed by atoms with E-state index in [0.29, 0.717) is 17.7 Å². The average Bonchev–Trinajstić information content (AvgIpc) is 3.22. The molecule has 0 saturated carbocycles. The second-order valence-electron chi connectivity index (χ2n) is 6.99. The van der Waals surface area contributed by atoms with E-state index in [-0.39, 0.29) is 23.1 Å². The molecule has 2 aromatic rings. The molecule has 2 N–H and O–H groups in total. The van der Waals surface area contributed by atoms with Crippen LogP contribution < -0.4 is 10.1 Å². The fourth-order valence-electron chi connectivity index (χ4n) is 3.96. The molecule has 0 radical (unpaired) electrons. The molecule has 0 bridgehead atoms. The number of carboxylic acid groups (broad SMARTS) is 1. The molecule has 7 nitrogen and oxygen atoms in total. The van der Waals surface area contributed by atoms with Crippen molar-refractivity contribution < 1.29 is 29.0 Å². The zero-order chi connectivity index (χ0) is 20.5. The van der Waals surface area contributed by atoms with Crippen molar-refractivity contribution in [3.05, 3.63) is 71.3 Å². The summed E-state index contributed by atoms with van der Waals surface area (Å²) >= 11 is 0. The Kier molecular flexibility index (Phi) is 4.80. The van der Waals surface area contributed by atoms with Crippen molar-refractivity contribution >= 4 is 23.6 Å². The maximum Gasteiger partial charge on any atom is 0.343 e. The highest BCUT2D eigenvalue weighted by atomic mass is 16.5. The third-order valence-electron chi connectivity index (χ3n) is 5.36. The predicted molar refractivity (Wildman–Crippen MR) is 104 cm³/mol. The number of carbonyl (C=O) groups excluding carboxylic acids is 2. The molecular weight excluding hydrogens is 374 g/mol. The van der Waals surface area contributed by atoms with Gasteiger partial charge in [-0.25, -0.2) is 14.4 Å². The first kappa shape index (κ1) is 18.7. The first-order valence-corrected chi connectivity index (χ1v) is 9.19. The van der Waals surface area contributed by atoms with Gasteiger partial charge in [0.15, 0.2) is 0 Å². The molecule has 2 aromatic carbocycles. The summed E-state index contributed by atoms with van der Waals surface area (Å²) in [7, 11) is 1.26. The number of hydrogen-bond donors (Lipinski definition) is 2. The van der Waals surface area contributed by atoms with E-state index in [1.165, 1.54) is 19.2 Å². The summed E-state index contributed by atoms with van der Waals surface area (Å²) in [5.41, 5.74) is 2.03. The summed E-state index contributed by atoms with van der Waals surface area (Å²) in [6.07, 6.45) is 4.62. The molecule has 148 valence electrons. The number of anilines is 1. The number of ether oxygens (including phenoxy) is 2. The monoisotopic (exact) mass is 393 g/mol. The zero-order valence-corrected chi connectivity index (χ0v) is 15.6. The molecule has 0 amide bonds. The Bertz CT molecular complexity index is 1030. The molecule has 1 heterocycles. The van der Waals surface area contributed by atoms with E-state index in [9.17, 15) is 19.5 Å². The second kappa shape index (κ2) is 7.43. The van der Waals surface area contributed by atoms with Crippen LogP contribution in [0.1, 0.15) is 38.6 Å². The van der Waals surface area contributed by atoms with Crippen LogP contribution in [0.5, 0.6) is 5.75 Å². The maximum atomic E-state index is 12.7. The van der Waals surface area contributed by atoms with Crippen LogP contribution in [0.3, 0.4) is 0 Å². The predicted octanol–water partition coefficient (Wildman–Crippen LogP) is 3.23. The number of para-hydroxylation sites is 1. The molecule has 29 heavy (non-hydrogen) atoms. The smallest absolute Gasteiger partial charge is 0.343 e. The van der Waals surface area contributed by atoms with E-state index in [2.05, 4.69) is 5.32 Å². The van der Waals surface area contributed by atoms with Gasteiger partial charge < -0.3 is 19.9 Å². The number of rotatable bonds is 4. The fourth-order valence-corrected chi connectivity index (χ4v) is 3.96. The Hall–Kier alpha value is -3.61. The minimum Gasteiger partial charge on any atom is -0.480 e. The number of aliphatic carboxylic acids is 1. The van der Waals surface area contributed by atoms with Crippen LogP contribution in [-0.2, 0) is 9.53 Å². The largest absolute Gasteiger partial charge is 0.480 e. The summed E-state index contributed by atoms with van der Waals surface area (Å²) < 4.78 is 10.2. The van der Waals surface area contributed by atoms with Gasteiger partial charge in [-0.3, -0.25) is 0 Å². The SMILES string of the molecule is COC(=O)c1ccccc1OC(=O)c1ccc2c(c1)[C@@H]1C=CC[C@H]1[C@@H](C(=O)O)N2. The number of esters is 2. The van der Waals surface area contributed by atoms with Crippen LogP contribution in [-0.4, -0.2) is 36.2 Å². The molecule has 0 unspecified atom stereocenters. The van der Waals surface area contributed by atoms with Crippen LogP contribution in [0, 0.1) is 5.92 Å². The van der Waals surface area contributed by atoms with Gasteiger partial charge in [0.2, 0.25) is 0 Å². The Balaban J connectivity index is 1.63. The summed E-state index contributed by atoms with van der Waals surface area (Å²) in [5, 5.41) is 12.6. The normalized spacial score (nSPS) is 21.5. The van der Waals surface area contributed by atoms with E-state index in [1.807, 2.05) is 12.2 Å². The summed E-state index contributed by atoms with van der Waals surface area (Å²) in [4.78, 5) is 36.2. The highest BCUT2D eigenvalue weighted by Crippen LogP contribution is 2.44. The molecule has 4 rings (SSSR count). The lowest BCUT2D eigenvalue weighted by Crippen LogP contribution is -2.41. The Labute approximate surface area is 166 Å². The van der Waals surface area contributed by atoms with E-state index in [1.54, 1.807) is 30.3 Å². The van der Waals surface area contributed by atoms with Crippen LogP contribution in [0.25, 0.3) is 0 Å². The lowest BCUT2D eigenvalue weighted by atomic mass is 9.79. The summed E-state index contributed by atoms with van der Waals surface area (Å²) in [6.45, 7) is 0. The van der Waals surface area contributed by atoms with Gasteiger partial charge in [-0.2, -0.15) is 0 Å². The van der Waals surface area contributed by atoms with Gasteiger partial charge in [-0.15, -0.1) is 0 Å². The standard InChI is InChI=1S/C22H19NO6/c1-28-22(27)15-5-2-3-8-18(15)29-21(26)12-9-10-17-16(11-12)13-6-4-7-14(13)19(23-17)20(24)25/h2-6,8-11,13-14,19,23H,7H2,1H3,(H,24,25)/t13-,14-,19+/m1/s1. The third kappa shape index (κ3) is 3.35. The van der Waals surface area contributed by atoms with Crippen LogP contribution in [0.2, 0.25) is 0 Å². The third-order valence-corrected chi connectivity index (χ3v) is 5.36. The number of hydrogen-bond acceptors (Lipinski definition) is 6. The number of methoxy groups -OCH3 is 1. The molecule has 7 heteroatoms. The Morgan fingerprint density at radius 3 is 2.66 bits per heavy atom. The summed E-state index contributed by atoms with van der Waals surface area (Å²) in [6, 6.07) is 10.7. The number of allylic oxidation sites excluding steroid dienone is 2. The minimum absolute atomic E-state index is 0.0811. The Morgan fingerprint density at radius 2 is 1.90 bits per heavy atom. The van der Waals surface area contributed by atoms with Gasteiger partial charge in [-0.05, 0) is 42.3 Å². The lowest BCUT2D eigenvalue weighted by molar-refractivity contribution is -0.139. The van der Waals surface area contributed by atoms with Crippen molar-refractivity contribution in [3.8, 4) is 5.75 Å². The number of fused-ring (bicyclic) bond motifs is 3. The number of nitrogens with one attached hydrogen (secondary N) is 1. The Morgan fingerprint density at radius 1 is 1.10 bits per heavy atom. The fraction of sp³-hybridized carbons (Fsp3) is 0.227. The number of carboxylic acids is 1. The van der Waals surface area contributed by atoms with E-state index in [4.69, 9.17) is 9.47 Å². The van der Waals surface area contributed by atoms with Crippen molar-refractivity contribution in [1.82, 2.24) is 0 Å². The van der Waals surface area contributed by atoms with Crippen LogP contribution in [0.15, 0.2) is 54.6 Å². The quantitative estimate of drug-likeness (QED) is 0.467. The lowest BCUT2D eigenvalue weighted by Gasteiger charge is -2.34. The van der Waals surface area contributed by atoms with Crippen molar-refractivity contribution in [3.63, 3.8) is 0 Å². The van der Waals surface area contributed by atoms with Crippen LogP contribution >= 0.6 is 0 Å². The van der Waals surface area contributed by atoms with Crippen molar-refractivity contribution in [2.45, 2.75) is 18.4 Å². The number of carbonyl (C=O) groups is 3. The second-order valence-corrected chi connectivity index (χ2v) is 6.99. The number of benzene rings is 2. The van der Waals surface area contributed by atoms with Gasteiger partial charge in [0, 0.05) is 17.5 Å². The first-order chi connectivity index (χ1) is 14.0. The topological polar surface area (TPSA) is 102 Å². The molecule has 0 fully saturated rings. The molecule has 2 aliphatic rings. The van der Waals surface area contributed by atoms with Gasteiger partial charge in [0.05, 0.1) is 12.7 Å². The van der Waals surface area contributed by atoms with Crippen molar-refractivity contribution in [2.75, 3.05) is 12.4 Å². The van der Waals surface area contributed by atoms with E-state index in [0.717, 1.165) is 5.56 Å². The maximum absolute atomic E-state index is 12.7. The highest BCUT2D eigenvalue weighted by molar-refractivity contribution is 5.96. The molecular formula is C22H19NO6. The molecule has 0 aromatic heterocycles. The van der Waals surface area contributed by atoms with Crippen molar-refractivity contribution in [2.24, 2.45) is 5.92 Å². The van der Waals surface area contributed by atoms with Gasteiger partial charge in [0.25, 0.3) is 0 Å². The molecule has 0 spiro atoms. The summed E-state index contributed by atoms with van der Waals surface area (Å²) in [5.74, 6) is -2.17. The highest BCUT2D eigenvalue weighted by Gasteiger charge is 2.41. The molecule has 1 aliphatic heterocycles. The molecule has 3 atom stereocenters.